The van der Waals surface area contributed by atoms with Gasteiger partial charge in [0.1, 0.15) is 0 Å². The first-order valence-corrected chi connectivity index (χ1v) is 4.39. The van der Waals surface area contributed by atoms with E-state index in [2.05, 4.69) is 29.2 Å². The maximum atomic E-state index is 5.59. The van der Waals surface area contributed by atoms with Crippen LogP contribution in [0.2, 0.25) is 0 Å². The van der Waals surface area contributed by atoms with Crippen LogP contribution in [-0.4, -0.2) is 18.1 Å². The molecule has 0 saturated heterocycles. The monoisotopic (exact) mass is 162 g/mol. The first-order chi connectivity index (χ1) is 5.90. The molecule has 1 aromatic carbocycles. The zero-order chi connectivity index (χ0) is 8.39. The van der Waals surface area contributed by atoms with Gasteiger partial charge in [-0.3, -0.25) is 4.90 Å². The Bertz CT molecular complexity index is 270. The van der Waals surface area contributed by atoms with Crippen molar-refractivity contribution in [1.82, 2.24) is 4.90 Å². The molecular weight excluding hydrogens is 148 g/mol. The summed E-state index contributed by atoms with van der Waals surface area (Å²) in [7, 11) is 0. The van der Waals surface area contributed by atoms with E-state index in [4.69, 9.17) is 5.73 Å². The smallest absolute Gasteiger partial charge is 0.0458 e. The Morgan fingerprint density at radius 3 is 2.75 bits per heavy atom. The summed E-state index contributed by atoms with van der Waals surface area (Å²) in [5.41, 5.74) is 8.51. The molecule has 0 amide bonds. The predicted molar refractivity (Wildman–Crippen MR) is 49.6 cm³/mol. The average Bonchev–Trinajstić information content (AvgIpc) is 2.17. The Hall–Kier alpha value is -0.860. The van der Waals surface area contributed by atoms with Gasteiger partial charge in [-0.15, -0.1) is 0 Å². The van der Waals surface area contributed by atoms with Gasteiger partial charge >= 0.3 is 0 Å². The molecule has 0 aromatic heterocycles. The lowest BCUT2D eigenvalue weighted by molar-refractivity contribution is 0.262. The van der Waals surface area contributed by atoms with E-state index in [1.54, 1.807) is 0 Å². The molecule has 2 heteroatoms. The van der Waals surface area contributed by atoms with Gasteiger partial charge in [0, 0.05) is 19.8 Å². The third-order valence-electron chi connectivity index (χ3n) is 2.47. The minimum absolute atomic E-state index is 0.675. The van der Waals surface area contributed by atoms with E-state index < -0.39 is 0 Å². The van der Waals surface area contributed by atoms with Crippen LogP contribution in [0, 0.1) is 0 Å². The molecule has 0 saturated carbocycles. The Balaban J connectivity index is 2.23. The van der Waals surface area contributed by atoms with Crippen LogP contribution >= 0.6 is 0 Å². The number of rotatable bonds is 1. The van der Waals surface area contributed by atoms with E-state index in [1.807, 2.05) is 0 Å². The van der Waals surface area contributed by atoms with Crippen molar-refractivity contribution in [2.45, 2.75) is 13.0 Å². The molecule has 0 bridgehead atoms. The highest BCUT2D eigenvalue weighted by molar-refractivity contribution is 5.28. The van der Waals surface area contributed by atoms with Crippen molar-refractivity contribution >= 4 is 0 Å². The molecule has 0 atom stereocenters. The van der Waals surface area contributed by atoms with Crippen molar-refractivity contribution in [3.63, 3.8) is 0 Å². The van der Waals surface area contributed by atoms with Gasteiger partial charge in [0.2, 0.25) is 0 Å². The van der Waals surface area contributed by atoms with Gasteiger partial charge < -0.3 is 5.73 Å². The number of benzene rings is 1. The topological polar surface area (TPSA) is 29.3 Å². The van der Waals surface area contributed by atoms with Crippen LogP contribution in [0.4, 0.5) is 0 Å². The van der Waals surface area contributed by atoms with Crippen LogP contribution in [0.5, 0.6) is 0 Å². The highest BCUT2D eigenvalue weighted by Crippen LogP contribution is 2.16. The predicted octanol–water partition coefficient (Wildman–Crippen LogP) is 0.961. The number of nitrogens with zero attached hydrogens (tertiary/aromatic N) is 1. The van der Waals surface area contributed by atoms with Crippen molar-refractivity contribution in [3.05, 3.63) is 35.4 Å². The summed E-state index contributed by atoms with van der Waals surface area (Å²) in [5, 5.41) is 0. The van der Waals surface area contributed by atoms with Crippen molar-refractivity contribution in [1.29, 1.82) is 0 Å². The van der Waals surface area contributed by atoms with E-state index in [0.29, 0.717) is 6.67 Å². The highest BCUT2D eigenvalue weighted by Gasteiger charge is 2.13. The first-order valence-electron chi connectivity index (χ1n) is 4.39. The van der Waals surface area contributed by atoms with E-state index in [1.165, 1.54) is 11.1 Å². The number of hydrogen-bond donors (Lipinski definition) is 1. The maximum Gasteiger partial charge on any atom is 0.0458 e. The fraction of sp³-hybridized carbons (Fsp3) is 0.400. The summed E-state index contributed by atoms with van der Waals surface area (Å²) in [6.07, 6.45) is 1.15. The normalized spacial score (nSPS) is 17.4. The number of nitrogens with two attached hydrogens (primary N) is 1. The van der Waals surface area contributed by atoms with Gasteiger partial charge in [-0.1, -0.05) is 24.3 Å². The average molecular weight is 162 g/mol. The summed E-state index contributed by atoms with van der Waals surface area (Å²) in [6.45, 7) is 2.80. The molecule has 0 unspecified atom stereocenters. The fourth-order valence-corrected chi connectivity index (χ4v) is 1.71. The van der Waals surface area contributed by atoms with Gasteiger partial charge in [0.05, 0.1) is 0 Å². The Morgan fingerprint density at radius 1 is 1.25 bits per heavy atom. The Labute approximate surface area is 73.0 Å². The van der Waals surface area contributed by atoms with Gasteiger partial charge in [-0.2, -0.15) is 0 Å². The maximum absolute atomic E-state index is 5.59. The molecule has 0 radical (unpaired) electrons. The molecule has 1 aliphatic heterocycles. The molecule has 2 rings (SSSR count). The minimum atomic E-state index is 0.675. The lowest BCUT2D eigenvalue weighted by atomic mass is 10.0. The van der Waals surface area contributed by atoms with Crippen molar-refractivity contribution in [2.24, 2.45) is 5.73 Å². The Kier molecular flexibility index (Phi) is 2.11. The summed E-state index contributed by atoms with van der Waals surface area (Å²) in [6, 6.07) is 8.61. The number of fused-ring (bicyclic) bond motifs is 1. The summed E-state index contributed by atoms with van der Waals surface area (Å²) in [4.78, 5) is 2.27. The molecule has 1 aromatic rings. The summed E-state index contributed by atoms with van der Waals surface area (Å²) in [5.74, 6) is 0. The largest absolute Gasteiger partial charge is 0.318 e. The van der Waals surface area contributed by atoms with Gasteiger partial charge in [0.15, 0.2) is 0 Å². The summed E-state index contributed by atoms with van der Waals surface area (Å²) < 4.78 is 0. The molecule has 2 N–H and O–H groups in total. The van der Waals surface area contributed by atoms with Crippen LogP contribution in [-0.2, 0) is 13.0 Å². The Morgan fingerprint density at radius 2 is 2.00 bits per heavy atom. The van der Waals surface area contributed by atoms with Gasteiger partial charge in [0.25, 0.3) is 0 Å². The molecule has 0 aliphatic carbocycles. The molecule has 1 aliphatic rings. The van der Waals surface area contributed by atoms with Crippen LogP contribution in [0.3, 0.4) is 0 Å². The highest BCUT2D eigenvalue weighted by atomic mass is 15.2. The van der Waals surface area contributed by atoms with E-state index in [-0.39, 0.29) is 0 Å². The van der Waals surface area contributed by atoms with Crippen LogP contribution in [0.25, 0.3) is 0 Å². The minimum Gasteiger partial charge on any atom is -0.318 e. The van der Waals surface area contributed by atoms with E-state index >= 15 is 0 Å². The fourth-order valence-electron chi connectivity index (χ4n) is 1.71. The van der Waals surface area contributed by atoms with E-state index in [9.17, 15) is 0 Å². The van der Waals surface area contributed by atoms with Crippen molar-refractivity contribution < 1.29 is 0 Å². The van der Waals surface area contributed by atoms with Crippen LogP contribution in [0.15, 0.2) is 24.3 Å². The van der Waals surface area contributed by atoms with Crippen LogP contribution < -0.4 is 5.73 Å². The van der Waals surface area contributed by atoms with Crippen molar-refractivity contribution in [3.8, 4) is 0 Å². The second-order valence-corrected chi connectivity index (χ2v) is 3.25. The zero-order valence-electron chi connectivity index (χ0n) is 7.16. The third-order valence-corrected chi connectivity index (χ3v) is 2.47. The quantitative estimate of drug-likeness (QED) is 0.666. The van der Waals surface area contributed by atoms with E-state index in [0.717, 1.165) is 19.5 Å². The number of hydrogen-bond acceptors (Lipinski definition) is 2. The molecule has 0 spiro atoms. The second-order valence-electron chi connectivity index (χ2n) is 3.25. The zero-order valence-corrected chi connectivity index (χ0v) is 7.16. The molecular formula is C10H14N2. The summed E-state index contributed by atoms with van der Waals surface area (Å²) >= 11 is 0. The van der Waals surface area contributed by atoms with Gasteiger partial charge in [-0.05, 0) is 17.5 Å². The van der Waals surface area contributed by atoms with Crippen molar-refractivity contribution in [2.75, 3.05) is 13.2 Å². The molecule has 2 nitrogen and oxygen atoms in total. The molecule has 12 heavy (non-hydrogen) atoms. The standard InChI is InChI=1S/C10H14N2/c11-8-12-6-5-9-3-1-2-4-10(9)7-12/h1-4H,5-8,11H2. The third kappa shape index (κ3) is 1.36. The molecule has 64 valence electrons. The van der Waals surface area contributed by atoms with Crippen LogP contribution in [0.1, 0.15) is 11.1 Å². The lowest BCUT2D eigenvalue weighted by Gasteiger charge is -2.26. The first kappa shape index (κ1) is 7.77. The van der Waals surface area contributed by atoms with Gasteiger partial charge in [-0.25, -0.2) is 0 Å². The second kappa shape index (κ2) is 3.25. The lowest BCUT2D eigenvalue weighted by Crippen LogP contribution is -2.34. The molecule has 1 heterocycles. The molecule has 0 fully saturated rings. The SMILES string of the molecule is NCN1CCc2ccccc2C1.